The number of carbonyl (C=O) groups excluding carboxylic acids is 5. The quantitative estimate of drug-likeness (QED) is 0.528. The van der Waals surface area contributed by atoms with Gasteiger partial charge < -0.3 is 14.8 Å². The molecule has 1 heterocycles. The van der Waals surface area contributed by atoms with Gasteiger partial charge in [0.1, 0.15) is 24.7 Å². The number of nitrogens with zero attached hydrogens (tertiary/aromatic N) is 1. The van der Waals surface area contributed by atoms with Crippen LogP contribution in [0.5, 0.6) is 5.75 Å². The zero-order chi connectivity index (χ0) is 17.7. The highest BCUT2D eigenvalue weighted by molar-refractivity contribution is 6.23. The topological polar surface area (TPSA) is 110 Å². The largest absolute Gasteiger partial charge is 0.486 e. The summed E-state index contributed by atoms with van der Waals surface area (Å²) in [6.45, 7) is -0.176. The first-order valence-corrected chi connectivity index (χ1v) is 7.28. The van der Waals surface area contributed by atoms with Crippen molar-refractivity contribution in [1.82, 2.24) is 10.2 Å². The fourth-order valence-corrected chi connectivity index (χ4v) is 2.51. The van der Waals surface area contributed by atoms with Crippen LogP contribution in [0, 0.1) is 0 Å². The van der Waals surface area contributed by atoms with Crippen molar-refractivity contribution < 1.29 is 28.7 Å². The van der Waals surface area contributed by atoms with Crippen molar-refractivity contribution in [2.75, 3.05) is 13.7 Å². The van der Waals surface area contributed by atoms with E-state index in [1.165, 1.54) is 25.2 Å². The lowest BCUT2D eigenvalue weighted by Gasteiger charge is -2.24. The number of aldehydes is 2. The standard InChI is InChI=1S/C16H16N2O6/c1-17-14(21)13(3-2-6-19)18-15(22)11-5-4-10(24-8-7-20)9-12(11)16(18)23/h4-7,9,13H,2-3,8H2,1H3,(H,17,21). The smallest absolute Gasteiger partial charge is 0.262 e. The number of ether oxygens (including phenoxy) is 1. The molecule has 0 aliphatic carbocycles. The average Bonchev–Trinajstić information content (AvgIpc) is 2.84. The van der Waals surface area contributed by atoms with Gasteiger partial charge in [-0.1, -0.05) is 0 Å². The highest BCUT2D eigenvalue weighted by Gasteiger charge is 2.42. The molecule has 3 amide bonds. The SMILES string of the molecule is CNC(=O)C(CCC=O)N1C(=O)c2ccc(OCC=O)cc2C1=O. The Morgan fingerprint density at radius 3 is 2.54 bits per heavy atom. The molecular formula is C16H16N2O6. The maximum absolute atomic E-state index is 12.6. The van der Waals surface area contributed by atoms with Gasteiger partial charge in [-0.05, 0) is 24.6 Å². The van der Waals surface area contributed by atoms with Gasteiger partial charge in [0.25, 0.3) is 11.8 Å². The minimum Gasteiger partial charge on any atom is -0.486 e. The highest BCUT2D eigenvalue weighted by atomic mass is 16.5. The lowest BCUT2D eigenvalue weighted by atomic mass is 10.1. The number of nitrogens with one attached hydrogen (secondary N) is 1. The van der Waals surface area contributed by atoms with Crippen molar-refractivity contribution in [2.24, 2.45) is 0 Å². The second kappa shape index (κ2) is 7.49. The van der Waals surface area contributed by atoms with E-state index in [2.05, 4.69) is 5.32 Å². The van der Waals surface area contributed by atoms with Crippen molar-refractivity contribution in [2.45, 2.75) is 18.9 Å². The number of hydrogen-bond acceptors (Lipinski definition) is 6. The summed E-state index contributed by atoms with van der Waals surface area (Å²) in [6.07, 6.45) is 1.27. The number of carbonyl (C=O) groups is 5. The summed E-state index contributed by atoms with van der Waals surface area (Å²) >= 11 is 0. The summed E-state index contributed by atoms with van der Waals surface area (Å²) in [7, 11) is 1.39. The molecule has 0 radical (unpaired) electrons. The Hall–Kier alpha value is -3.03. The first-order chi connectivity index (χ1) is 11.5. The predicted molar refractivity (Wildman–Crippen MR) is 81.7 cm³/mol. The van der Waals surface area contributed by atoms with Crippen LogP contribution in [0.4, 0.5) is 0 Å². The Morgan fingerprint density at radius 2 is 1.92 bits per heavy atom. The molecule has 1 aliphatic heterocycles. The van der Waals surface area contributed by atoms with E-state index in [1.54, 1.807) is 0 Å². The number of amides is 3. The second-order valence-corrected chi connectivity index (χ2v) is 5.04. The number of imide groups is 1. The van der Waals surface area contributed by atoms with Crippen molar-refractivity contribution in [1.29, 1.82) is 0 Å². The summed E-state index contributed by atoms with van der Waals surface area (Å²) in [5, 5.41) is 2.39. The predicted octanol–water partition coefficient (Wildman–Crippen LogP) is -0.0460. The lowest BCUT2D eigenvalue weighted by molar-refractivity contribution is -0.124. The Bertz CT molecular complexity index is 700. The van der Waals surface area contributed by atoms with Crippen LogP contribution in [0.15, 0.2) is 18.2 Å². The van der Waals surface area contributed by atoms with Crippen molar-refractivity contribution in [3.63, 3.8) is 0 Å². The molecule has 1 atom stereocenters. The Labute approximate surface area is 137 Å². The first-order valence-electron chi connectivity index (χ1n) is 7.28. The molecule has 0 spiro atoms. The molecule has 0 fully saturated rings. The van der Waals surface area contributed by atoms with Gasteiger partial charge in [-0.3, -0.25) is 24.1 Å². The van der Waals surface area contributed by atoms with Crippen LogP contribution in [0.3, 0.4) is 0 Å². The fourth-order valence-electron chi connectivity index (χ4n) is 2.51. The maximum atomic E-state index is 12.6. The average molecular weight is 332 g/mol. The van der Waals surface area contributed by atoms with Gasteiger partial charge in [0, 0.05) is 13.5 Å². The lowest BCUT2D eigenvalue weighted by Crippen LogP contribution is -2.48. The molecule has 1 aromatic rings. The highest BCUT2D eigenvalue weighted by Crippen LogP contribution is 2.29. The second-order valence-electron chi connectivity index (χ2n) is 5.04. The molecule has 1 unspecified atom stereocenters. The van der Waals surface area contributed by atoms with E-state index in [4.69, 9.17) is 4.74 Å². The molecular weight excluding hydrogens is 316 g/mol. The summed E-state index contributed by atoms with van der Waals surface area (Å²) in [5.41, 5.74) is 0.252. The first kappa shape index (κ1) is 17.3. The van der Waals surface area contributed by atoms with Crippen LogP contribution in [-0.2, 0) is 14.4 Å². The molecule has 0 saturated heterocycles. The monoisotopic (exact) mass is 332 g/mol. The molecule has 1 N–H and O–H groups in total. The number of fused-ring (bicyclic) bond motifs is 1. The zero-order valence-corrected chi connectivity index (χ0v) is 13.0. The van der Waals surface area contributed by atoms with Crippen LogP contribution < -0.4 is 10.1 Å². The molecule has 24 heavy (non-hydrogen) atoms. The van der Waals surface area contributed by atoms with Gasteiger partial charge in [0.2, 0.25) is 5.91 Å². The minimum absolute atomic E-state index is 0.0409. The van der Waals surface area contributed by atoms with Crippen molar-refractivity contribution >= 4 is 30.3 Å². The third-order valence-corrected chi connectivity index (χ3v) is 3.63. The summed E-state index contributed by atoms with van der Waals surface area (Å²) in [5.74, 6) is -1.49. The Kier molecular flexibility index (Phi) is 5.41. The molecule has 1 aromatic carbocycles. The number of likely N-dealkylation sites (N-methyl/N-ethyl adjacent to an activating group) is 1. The van der Waals surface area contributed by atoms with Crippen LogP contribution in [0.2, 0.25) is 0 Å². The van der Waals surface area contributed by atoms with Gasteiger partial charge in [0.15, 0.2) is 6.29 Å². The van der Waals surface area contributed by atoms with Gasteiger partial charge in [-0.25, -0.2) is 0 Å². The molecule has 8 heteroatoms. The van der Waals surface area contributed by atoms with E-state index < -0.39 is 23.8 Å². The fraction of sp³-hybridized carbons (Fsp3) is 0.312. The van der Waals surface area contributed by atoms with Crippen LogP contribution >= 0.6 is 0 Å². The van der Waals surface area contributed by atoms with Gasteiger partial charge in [-0.2, -0.15) is 0 Å². The van der Waals surface area contributed by atoms with E-state index in [1.807, 2.05) is 0 Å². The van der Waals surface area contributed by atoms with Crippen LogP contribution in [0.1, 0.15) is 33.6 Å². The number of benzene rings is 1. The third kappa shape index (κ3) is 3.17. The summed E-state index contributed by atoms with van der Waals surface area (Å²) < 4.78 is 5.12. The van der Waals surface area contributed by atoms with E-state index in [0.717, 1.165) is 4.90 Å². The molecule has 126 valence electrons. The third-order valence-electron chi connectivity index (χ3n) is 3.63. The normalized spacial score (nSPS) is 14.1. The van der Waals surface area contributed by atoms with Gasteiger partial charge in [-0.15, -0.1) is 0 Å². The summed E-state index contributed by atoms with van der Waals surface area (Å²) in [6, 6.07) is 3.18. The number of hydrogen-bond donors (Lipinski definition) is 1. The van der Waals surface area contributed by atoms with Crippen LogP contribution in [0.25, 0.3) is 0 Å². The molecule has 0 saturated carbocycles. The molecule has 8 nitrogen and oxygen atoms in total. The van der Waals surface area contributed by atoms with Crippen molar-refractivity contribution in [3.8, 4) is 5.75 Å². The molecule has 0 bridgehead atoms. The Morgan fingerprint density at radius 1 is 1.21 bits per heavy atom. The van der Waals surface area contributed by atoms with E-state index >= 15 is 0 Å². The molecule has 0 aromatic heterocycles. The van der Waals surface area contributed by atoms with Gasteiger partial charge in [0.05, 0.1) is 11.1 Å². The summed E-state index contributed by atoms with van der Waals surface area (Å²) in [4.78, 5) is 58.9. The van der Waals surface area contributed by atoms with Crippen molar-refractivity contribution in [3.05, 3.63) is 29.3 Å². The molecule has 2 rings (SSSR count). The minimum atomic E-state index is -1.06. The molecule has 1 aliphatic rings. The van der Waals surface area contributed by atoms with E-state index in [-0.39, 0.29) is 36.3 Å². The van der Waals surface area contributed by atoms with Crippen LogP contribution in [-0.4, -0.2) is 54.9 Å². The zero-order valence-electron chi connectivity index (χ0n) is 13.0. The number of rotatable bonds is 8. The maximum Gasteiger partial charge on any atom is 0.262 e. The van der Waals surface area contributed by atoms with E-state index in [9.17, 15) is 24.0 Å². The van der Waals surface area contributed by atoms with E-state index in [0.29, 0.717) is 12.6 Å². The Balaban J connectivity index is 2.34. The van der Waals surface area contributed by atoms with Gasteiger partial charge >= 0.3 is 0 Å².